The van der Waals surface area contributed by atoms with Gasteiger partial charge in [0, 0.05) is 66.6 Å². The van der Waals surface area contributed by atoms with Gasteiger partial charge < -0.3 is 24.8 Å². The average molecular weight is 638 g/mol. The van der Waals surface area contributed by atoms with Crippen molar-refractivity contribution in [1.29, 1.82) is 0 Å². The van der Waals surface area contributed by atoms with E-state index in [1.165, 1.54) is 24.3 Å². The van der Waals surface area contributed by atoms with Gasteiger partial charge in [-0.3, -0.25) is 4.90 Å². The number of aromatic nitrogens is 2. The summed E-state index contributed by atoms with van der Waals surface area (Å²) in [4.78, 5) is 14.3. The van der Waals surface area contributed by atoms with E-state index in [1.54, 1.807) is 6.07 Å². The van der Waals surface area contributed by atoms with E-state index in [4.69, 9.17) is 20.9 Å². The highest BCUT2D eigenvalue weighted by Crippen LogP contribution is 2.49. The normalized spacial score (nSPS) is 24.1. The number of ether oxygens (including phenoxy) is 2. The second kappa shape index (κ2) is 10.7. The molecule has 5 aliphatic rings. The molecule has 242 valence electrons. The number of hydrogen-bond acceptors (Lipinski definition) is 8. The lowest BCUT2D eigenvalue weighted by Gasteiger charge is -2.35. The molecule has 4 heterocycles. The van der Waals surface area contributed by atoms with Crippen molar-refractivity contribution in [1.82, 2.24) is 20.2 Å². The Labute approximate surface area is 272 Å². The number of rotatable bonds is 7. The third-order valence-electron chi connectivity index (χ3n) is 10.9. The Bertz CT molecular complexity index is 1960. The lowest BCUT2D eigenvalue weighted by atomic mass is 9.93. The molecule has 3 saturated heterocycles. The Morgan fingerprint density at radius 1 is 1.04 bits per heavy atom. The molecular weight excluding hydrogens is 600 g/mol. The number of hydrogen-bond donors (Lipinski definition) is 2. The lowest BCUT2D eigenvalue weighted by Crippen LogP contribution is -2.51. The summed E-state index contributed by atoms with van der Waals surface area (Å²) in [6.45, 7) is 5.59. The van der Waals surface area contributed by atoms with E-state index < -0.39 is 11.6 Å². The predicted octanol–water partition coefficient (Wildman–Crippen LogP) is 5.38. The van der Waals surface area contributed by atoms with Crippen molar-refractivity contribution in [3.05, 3.63) is 53.6 Å². The Morgan fingerprint density at radius 3 is 2.60 bits per heavy atom. The number of piperazine rings is 1. The standard InChI is InChI=1S/C37H37F2N5O3/c1-2-26-30(38)8-3-22-15-25(45)16-29(31(22)26)27-6-7-28-33(32(27)39)41-35(42-34(28)44-17-23-4-5-24(18-44)40-23)46-21-36(9-10-36)19-43-13-14-47-37(20-43)11-12-37/h1,3,6-8,15-16,23-24,40,45H,4-5,9-14,17-21H2. The fourth-order valence-corrected chi connectivity index (χ4v) is 8.10. The molecule has 0 amide bonds. The minimum atomic E-state index is -0.600. The van der Waals surface area contributed by atoms with Crippen molar-refractivity contribution >= 4 is 27.5 Å². The number of benzene rings is 3. The number of phenols is 1. The summed E-state index contributed by atoms with van der Waals surface area (Å²) in [5.74, 6) is 1.82. The van der Waals surface area contributed by atoms with Crippen LogP contribution in [0.5, 0.6) is 11.8 Å². The van der Waals surface area contributed by atoms with Gasteiger partial charge in [0.05, 0.1) is 24.4 Å². The molecule has 5 fully saturated rings. The van der Waals surface area contributed by atoms with Gasteiger partial charge in [-0.15, -0.1) is 6.42 Å². The highest BCUT2D eigenvalue weighted by atomic mass is 19.1. The van der Waals surface area contributed by atoms with Gasteiger partial charge in [0.15, 0.2) is 5.82 Å². The average Bonchev–Trinajstić information content (AvgIpc) is 3.98. The molecule has 3 aromatic carbocycles. The number of anilines is 1. The summed E-state index contributed by atoms with van der Waals surface area (Å²) in [5, 5.41) is 15.7. The first-order chi connectivity index (χ1) is 22.8. The van der Waals surface area contributed by atoms with Crippen molar-refractivity contribution in [2.45, 2.75) is 56.2 Å². The molecule has 2 bridgehead atoms. The maximum absolute atomic E-state index is 16.9. The second-order valence-corrected chi connectivity index (χ2v) is 14.4. The molecule has 47 heavy (non-hydrogen) atoms. The molecule has 0 radical (unpaired) electrons. The third-order valence-corrected chi connectivity index (χ3v) is 10.9. The van der Waals surface area contributed by atoms with E-state index in [-0.39, 0.29) is 39.4 Å². The summed E-state index contributed by atoms with van der Waals surface area (Å²) in [7, 11) is 0. The fourth-order valence-electron chi connectivity index (χ4n) is 8.10. The van der Waals surface area contributed by atoms with E-state index in [0.29, 0.717) is 46.2 Å². The van der Waals surface area contributed by atoms with Gasteiger partial charge >= 0.3 is 6.01 Å². The Morgan fingerprint density at radius 2 is 1.85 bits per heavy atom. The number of nitrogens with zero attached hydrogens (tertiary/aromatic N) is 4. The molecule has 2 aliphatic carbocycles. The van der Waals surface area contributed by atoms with Crippen LogP contribution in [-0.2, 0) is 4.74 Å². The van der Waals surface area contributed by atoms with Gasteiger partial charge in [-0.2, -0.15) is 9.97 Å². The molecule has 2 unspecified atom stereocenters. The minimum absolute atomic E-state index is 0.0169. The zero-order chi connectivity index (χ0) is 31.9. The summed E-state index contributed by atoms with van der Waals surface area (Å²) in [6.07, 6.45) is 12.3. The van der Waals surface area contributed by atoms with Crippen LogP contribution in [0.4, 0.5) is 14.6 Å². The van der Waals surface area contributed by atoms with Crippen LogP contribution < -0.4 is 15.0 Å². The van der Waals surface area contributed by atoms with Gasteiger partial charge in [0.1, 0.15) is 22.9 Å². The largest absolute Gasteiger partial charge is 0.508 e. The number of fused-ring (bicyclic) bond motifs is 4. The van der Waals surface area contributed by atoms with Crippen molar-refractivity contribution in [2.75, 3.05) is 50.8 Å². The van der Waals surface area contributed by atoms with E-state index in [2.05, 4.69) is 26.0 Å². The number of phenolic OH excluding ortho intramolecular Hbond substituents is 1. The second-order valence-electron chi connectivity index (χ2n) is 14.4. The van der Waals surface area contributed by atoms with Crippen LogP contribution in [0.15, 0.2) is 36.4 Å². The van der Waals surface area contributed by atoms with Crippen molar-refractivity contribution in [2.24, 2.45) is 5.41 Å². The van der Waals surface area contributed by atoms with Crippen molar-refractivity contribution in [3.63, 3.8) is 0 Å². The molecule has 2 N–H and O–H groups in total. The van der Waals surface area contributed by atoms with Gasteiger partial charge in [-0.25, -0.2) is 8.78 Å². The van der Waals surface area contributed by atoms with Crippen molar-refractivity contribution < 1.29 is 23.4 Å². The summed E-state index contributed by atoms with van der Waals surface area (Å²) in [6, 6.07) is 10.0. The van der Waals surface area contributed by atoms with Gasteiger partial charge in [-0.1, -0.05) is 18.1 Å². The minimum Gasteiger partial charge on any atom is -0.508 e. The van der Waals surface area contributed by atoms with Gasteiger partial charge in [-0.05, 0) is 73.7 Å². The monoisotopic (exact) mass is 637 g/mol. The molecular formula is C37H37F2N5O3. The summed E-state index contributed by atoms with van der Waals surface area (Å²) < 4.78 is 44.2. The number of halogens is 2. The topological polar surface area (TPSA) is 83.0 Å². The zero-order valence-electron chi connectivity index (χ0n) is 26.2. The first kappa shape index (κ1) is 29.1. The number of aromatic hydroxyl groups is 1. The number of nitrogens with one attached hydrogen (secondary N) is 1. The molecule has 9 rings (SSSR count). The van der Waals surface area contributed by atoms with E-state index >= 15 is 4.39 Å². The molecule has 1 spiro atoms. The lowest BCUT2D eigenvalue weighted by molar-refractivity contribution is -0.0532. The van der Waals surface area contributed by atoms with Gasteiger partial charge in [0.25, 0.3) is 0 Å². The first-order valence-corrected chi connectivity index (χ1v) is 16.7. The zero-order valence-corrected chi connectivity index (χ0v) is 26.2. The summed E-state index contributed by atoms with van der Waals surface area (Å²) >= 11 is 0. The third kappa shape index (κ3) is 5.16. The molecule has 4 aromatic rings. The highest BCUT2D eigenvalue weighted by Gasteiger charge is 2.51. The molecule has 2 atom stereocenters. The van der Waals surface area contributed by atoms with Crippen LogP contribution in [0.1, 0.15) is 44.1 Å². The number of morpholine rings is 1. The van der Waals surface area contributed by atoms with Crippen molar-refractivity contribution in [3.8, 4) is 35.2 Å². The van der Waals surface area contributed by atoms with E-state index in [9.17, 15) is 9.50 Å². The Balaban J connectivity index is 1.11. The first-order valence-electron chi connectivity index (χ1n) is 16.7. The SMILES string of the molecule is C#Cc1c(F)ccc2cc(O)cc(-c3ccc4c(N5CC6CCC(C5)N6)nc(OCC5(CN6CCOC7(CC7)C6)CC5)nc4c3F)c12. The molecule has 10 heteroatoms. The smallest absolute Gasteiger partial charge is 0.319 e. The number of terminal acetylenes is 1. The maximum Gasteiger partial charge on any atom is 0.319 e. The summed E-state index contributed by atoms with van der Waals surface area (Å²) in [5.41, 5.74) is 0.691. The van der Waals surface area contributed by atoms with Crippen LogP contribution >= 0.6 is 0 Å². The van der Waals surface area contributed by atoms with E-state index in [0.717, 1.165) is 77.9 Å². The van der Waals surface area contributed by atoms with Crippen LogP contribution in [0.25, 0.3) is 32.8 Å². The molecule has 1 aromatic heterocycles. The molecule has 8 nitrogen and oxygen atoms in total. The fraction of sp³-hybridized carbons (Fsp3) is 0.459. The highest BCUT2D eigenvalue weighted by molar-refractivity contribution is 6.04. The van der Waals surface area contributed by atoms with Crippen LogP contribution in [0, 0.1) is 29.4 Å². The Hall–Kier alpha value is -4.04. The molecule has 2 saturated carbocycles. The van der Waals surface area contributed by atoms with E-state index in [1.807, 2.05) is 6.07 Å². The van der Waals surface area contributed by atoms with Crippen LogP contribution in [0.2, 0.25) is 0 Å². The van der Waals surface area contributed by atoms with Gasteiger partial charge in [0.2, 0.25) is 0 Å². The quantitative estimate of drug-likeness (QED) is 0.262. The van der Waals surface area contributed by atoms with Crippen LogP contribution in [-0.4, -0.2) is 83.6 Å². The maximum atomic E-state index is 16.9. The Kier molecular flexibility index (Phi) is 6.66. The van der Waals surface area contributed by atoms with Crippen LogP contribution in [0.3, 0.4) is 0 Å². The predicted molar refractivity (Wildman–Crippen MR) is 176 cm³/mol. The molecule has 3 aliphatic heterocycles.